The molecule has 0 saturated heterocycles. The van der Waals surface area contributed by atoms with E-state index in [-0.39, 0.29) is 11.8 Å². The quantitative estimate of drug-likeness (QED) is 0.335. The molecule has 3 aromatic rings. The van der Waals surface area contributed by atoms with Gasteiger partial charge in [-0.3, -0.25) is 4.79 Å². The molecule has 2 aromatic heterocycles. The Morgan fingerprint density at radius 3 is 2.72 bits per heavy atom. The molecule has 2 heterocycles. The molecule has 0 spiro atoms. The van der Waals surface area contributed by atoms with Crippen molar-refractivity contribution in [3.63, 3.8) is 0 Å². The first-order valence-corrected chi connectivity index (χ1v) is 12.1. The minimum atomic E-state index is -0.405. The van der Waals surface area contributed by atoms with E-state index < -0.39 is 5.97 Å². The molecule has 1 amide bonds. The van der Waals surface area contributed by atoms with E-state index in [0.717, 1.165) is 38.6 Å². The molecule has 0 unspecified atom stereocenters. The Bertz CT molecular complexity index is 1130. The third kappa shape index (κ3) is 5.98. The van der Waals surface area contributed by atoms with Crippen LogP contribution in [0.25, 0.3) is 10.9 Å². The number of benzene rings is 1. The number of methoxy groups -OCH3 is 1. The van der Waals surface area contributed by atoms with E-state index in [9.17, 15) is 9.59 Å². The van der Waals surface area contributed by atoms with Crippen molar-refractivity contribution in [2.45, 2.75) is 39.1 Å². The lowest BCUT2D eigenvalue weighted by Gasteiger charge is -2.09. The largest absolute Gasteiger partial charge is 0.494 e. The van der Waals surface area contributed by atoms with Crippen LogP contribution in [0, 0.1) is 19.8 Å². The molecular weight excluding hydrogens is 446 g/mol. The summed E-state index contributed by atoms with van der Waals surface area (Å²) in [5.74, 6) is 0.979. The van der Waals surface area contributed by atoms with Crippen molar-refractivity contribution in [2.24, 2.45) is 5.92 Å². The molecule has 0 fully saturated rings. The Labute approximate surface area is 195 Å². The first kappa shape index (κ1) is 24.0. The maximum atomic E-state index is 12.4. The van der Waals surface area contributed by atoms with Gasteiger partial charge in [-0.15, -0.1) is 11.8 Å². The summed E-state index contributed by atoms with van der Waals surface area (Å²) >= 11 is 2.65. The molecule has 3 rings (SSSR count). The standard InChI is InChI=1S/C23H27N3O4S2/c1-13(2)12-30-22(28)21-15(4)24-23(32-21)25-18(27)9-10-31-19-11-14(3)16-7-6-8-17(29-5)20(16)26-19/h6-8,11,13H,9-10,12H2,1-5H3,(H,24,25,27). The zero-order valence-electron chi connectivity index (χ0n) is 18.9. The number of hydrogen-bond donors (Lipinski definition) is 1. The summed E-state index contributed by atoms with van der Waals surface area (Å²) in [6, 6.07) is 7.87. The highest BCUT2D eigenvalue weighted by Crippen LogP contribution is 2.30. The lowest BCUT2D eigenvalue weighted by atomic mass is 10.1. The topological polar surface area (TPSA) is 90.4 Å². The predicted octanol–water partition coefficient (Wildman–Crippen LogP) is 5.25. The number of aryl methyl sites for hydroxylation is 2. The number of hydrogen-bond acceptors (Lipinski definition) is 8. The van der Waals surface area contributed by atoms with E-state index in [4.69, 9.17) is 14.5 Å². The van der Waals surface area contributed by atoms with Gasteiger partial charge in [0.1, 0.15) is 16.1 Å². The van der Waals surface area contributed by atoms with Gasteiger partial charge in [-0.25, -0.2) is 14.8 Å². The molecular formula is C23H27N3O4S2. The minimum Gasteiger partial charge on any atom is -0.494 e. The molecule has 170 valence electrons. The smallest absolute Gasteiger partial charge is 0.350 e. The maximum absolute atomic E-state index is 12.4. The number of amides is 1. The first-order chi connectivity index (χ1) is 15.3. The van der Waals surface area contributed by atoms with Gasteiger partial charge in [-0.2, -0.15) is 0 Å². The third-order valence-corrected chi connectivity index (χ3v) is 6.53. The Balaban J connectivity index is 1.57. The number of rotatable bonds is 9. The lowest BCUT2D eigenvalue weighted by molar-refractivity contribution is -0.115. The van der Waals surface area contributed by atoms with E-state index >= 15 is 0 Å². The molecule has 0 atom stereocenters. The van der Waals surface area contributed by atoms with Crippen LogP contribution in [-0.4, -0.2) is 41.3 Å². The molecule has 0 aliphatic carbocycles. The molecule has 0 saturated carbocycles. The number of nitrogens with one attached hydrogen (secondary N) is 1. The van der Waals surface area contributed by atoms with Gasteiger partial charge >= 0.3 is 5.97 Å². The van der Waals surface area contributed by atoms with Gasteiger partial charge in [-0.05, 0) is 37.5 Å². The van der Waals surface area contributed by atoms with Gasteiger partial charge in [0.25, 0.3) is 0 Å². The van der Waals surface area contributed by atoms with Crippen molar-refractivity contribution in [1.82, 2.24) is 9.97 Å². The van der Waals surface area contributed by atoms with E-state index in [0.29, 0.717) is 34.5 Å². The van der Waals surface area contributed by atoms with Crippen LogP contribution in [0.1, 0.15) is 41.2 Å². The van der Waals surface area contributed by atoms with E-state index in [2.05, 4.69) is 10.3 Å². The fourth-order valence-corrected chi connectivity index (χ4v) is 4.77. The van der Waals surface area contributed by atoms with Crippen LogP contribution in [0.15, 0.2) is 29.3 Å². The first-order valence-electron chi connectivity index (χ1n) is 10.3. The Morgan fingerprint density at radius 1 is 1.22 bits per heavy atom. The van der Waals surface area contributed by atoms with Gasteiger partial charge in [0.15, 0.2) is 5.13 Å². The van der Waals surface area contributed by atoms with E-state index in [1.807, 2.05) is 45.0 Å². The summed E-state index contributed by atoms with van der Waals surface area (Å²) in [6.07, 6.45) is 0.293. The number of ether oxygens (including phenoxy) is 2. The summed E-state index contributed by atoms with van der Waals surface area (Å²) in [7, 11) is 1.63. The van der Waals surface area contributed by atoms with Crippen molar-refractivity contribution < 1.29 is 19.1 Å². The van der Waals surface area contributed by atoms with Gasteiger partial charge in [0.2, 0.25) is 5.91 Å². The monoisotopic (exact) mass is 473 g/mol. The van der Waals surface area contributed by atoms with E-state index in [1.165, 1.54) is 11.8 Å². The average molecular weight is 474 g/mol. The average Bonchev–Trinajstić information content (AvgIpc) is 3.11. The Kier molecular flexibility index (Phi) is 8.09. The highest BCUT2D eigenvalue weighted by atomic mass is 32.2. The number of pyridine rings is 1. The van der Waals surface area contributed by atoms with Gasteiger partial charge < -0.3 is 14.8 Å². The number of thioether (sulfide) groups is 1. The van der Waals surface area contributed by atoms with Gasteiger partial charge in [0, 0.05) is 17.6 Å². The number of nitrogens with zero attached hydrogens (tertiary/aromatic N) is 2. The number of aromatic nitrogens is 2. The molecule has 32 heavy (non-hydrogen) atoms. The molecule has 0 aliphatic heterocycles. The number of carbonyl (C=O) groups is 2. The van der Waals surface area contributed by atoms with Gasteiger partial charge in [-0.1, -0.05) is 37.3 Å². The number of anilines is 1. The second-order valence-electron chi connectivity index (χ2n) is 7.71. The molecule has 1 N–H and O–H groups in total. The summed E-state index contributed by atoms with van der Waals surface area (Å²) in [5, 5.41) is 5.07. The minimum absolute atomic E-state index is 0.163. The van der Waals surface area contributed by atoms with Crippen molar-refractivity contribution in [1.29, 1.82) is 0 Å². The number of fused-ring (bicyclic) bond motifs is 1. The summed E-state index contributed by atoms with van der Waals surface area (Å²) in [6.45, 7) is 8.07. The van der Waals surface area contributed by atoms with Crippen LogP contribution in [0.3, 0.4) is 0 Å². The number of thiazole rings is 1. The zero-order valence-corrected chi connectivity index (χ0v) is 20.5. The van der Waals surface area contributed by atoms with E-state index in [1.54, 1.807) is 14.0 Å². The van der Waals surface area contributed by atoms with Crippen molar-refractivity contribution in [2.75, 3.05) is 24.8 Å². The van der Waals surface area contributed by atoms with Crippen LogP contribution in [0.4, 0.5) is 5.13 Å². The third-order valence-electron chi connectivity index (χ3n) is 4.56. The molecule has 7 nitrogen and oxygen atoms in total. The van der Waals surface area contributed by atoms with Crippen LogP contribution in [0.2, 0.25) is 0 Å². The highest BCUT2D eigenvalue weighted by Gasteiger charge is 2.18. The van der Waals surface area contributed by atoms with Crippen LogP contribution < -0.4 is 10.1 Å². The predicted molar refractivity (Wildman–Crippen MR) is 129 cm³/mol. The summed E-state index contributed by atoms with van der Waals surface area (Å²) in [4.78, 5) is 33.9. The summed E-state index contributed by atoms with van der Waals surface area (Å²) < 4.78 is 10.7. The maximum Gasteiger partial charge on any atom is 0.350 e. The molecule has 0 aliphatic rings. The number of para-hydroxylation sites is 1. The molecule has 9 heteroatoms. The van der Waals surface area contributed by atoms with Crippen LogP contribution in [0.5, 0.6) is 5.75 Å². The van der Waals surface area contributed by atoms with Crippen LogP contribution >= 0.6 is 23.1 Å². The molecule has 1 aromatic carbocycles. The number of esters is 1. The lowest BCUT2D eigenvalue weighted by Crippen LogP contribution is -2.12. The second kappa shape index (κ2) is 10.8. The zero-order chi connectivity index (χ0) is 23.3. The Morgan fingerprint density at radius 2 is 2.00 bits per heavy atom. The highest BCUT2D eigenvalue weighted by molar-refractivity contribution is 7.99. The second-order valence-corrected chi connectivity index (χ2v) is 9.82. The fraction of sp³-hybridized carbons (Fsp3) is 0.391. The Hall–Kier alpha value is -2.65. The van der Waals surface area contributed by atoms with Crippen molar-refractivity contribution >= 4 is 51.0 Å². The normalized spacial score (nSPS) is 11.1. The summed E-state index contributed by atoms with van der Waals surface area (Å²) in [5.41, 5.74) is 2.48. The van der Waals surface area contributed by atoms with Crippen molar-refractivity contribution in [3.05, 3.63) is 40.4 Å². The fourth-order valence-electron chi connectivity index (χ4n) is 2.98. The molecule has 0 radical (unpaired) electrons. The number of carbonyl (C=O) groups excluding carboxylic acids is 2. The van der Waals surface area contributed by atoms with Gasteiger partial charge in [0.05, 0.1) is 24.4 Å². The SMILES string of the molecule is COc1cccc2c(C)cc(SCCC(=O)Nc3nc(C)c(C(=O)OCC(C)C)s3)nc12. The van der Waals surface area contributed by atoms with Crippen LogP contribution in [-0.2, 0) is 9.53 Å². The van der Waals surface area contributed by atoms with Crippen molar-refractivity contribution in [3.8, 4) is 5.75 Å². The molecule has 0 bridgehead atoms.